The summed E-state index contributed by atoms with van der Waals surface area (Å²) in [6, 6.07) is -1.50. The fourth-order valence-electron chi connectivity index (χ4n) is 3.25. The lowest BCUT2D eigenvalue weighted by Gasteiger charge is -2.22. The molecule has 0 saturated heterocycles. The second-order valence-corrected chi connectivity index (χ2v) is 9.69. The minimum atomic E-state index is -1.04. The van der Waals surface area contributed by atoms with Gasteiger partial charge in [0.15, 0.2) is 0 Å². The van der Waals surface area contributed by atoms with Gasteiger partial charge in [0.25, 0.3) is 0 Å². The van der Waals surface area contributed by atoms with Crippen molar-refractivity contribution in [3.05, 3.63) is 0 Å². The summed E-state index contributed by atoms with van der Waals surface area (Å²) < 4.78 is 5.28. The van der Waals surface area contributed by atoms with Crippen LogP contribution >= 0.6 is 0 Å². The number of carbonyl (C=O) groups is 4. The summed E-state index contributed by atoms with van der Waals surface area (Å²) in [7, 11) is 0. The van der Waals surface area contributed by atoms with E-state index in [9.17, 15) is 24.3 Å². The molecule has 0 rings (SSSR count). The van der Waals surface area contributed by atoms with Gasteiger partial charge in [-0.2, -0.15) is 0 Å². The Bertz CT molecular complexity index is 658. The normalized spacial score (nSPS) is 15.5. The molecule has 0 heterocycles. The quantitative estimate of drug-likeness (QED) is 0.134. The number of carboxylic acid groups (broad SMARTS) is 1. The maximum atomic E-state index is 12.4. The van der Waals surface area contributed by atoms with Gasteiger partial charge in [-0.1, -0.05) is 20.8 Å². The van der Waals surface area contributed by atoms with Crippen molar-refractivity contribution in [1.29, 1.82) is 0 Å². The van der Waals surface area contributed by atoms with E-state index in [1.54, 1.807) is 13.8 Å². The van der Waals surface area contributed by atoms with E-state index in [-0.39, 0.29) is 48.8 Å². The van der Waals surface area contributed by atoms with Crippen LogP contribution < -0.4 is 21.3 Å². The first-order chi connectivity index (χ1) is 16.4. The number of rotatable bonds is 19. The molecule has 10 nitrogen and oxygen atoms in total. The van der Waals surface area contributed by atoms with E-state index >= 15 is 0 Å². The molecule has 0 aromatic rings. The lowest BCUT2D eigenvalue weighted by Crippen LogP contribution is -2.46. The fraction of sp³-hybridized carbons (Fsp3) is 0.840. The number of ether oxygens (including phenoxy) is 1. The van der Waals surface area contributed by atoms with Crippen molar-refractivity contribution in [3.8, 4) is 0 Å². The number of carbonyl (C=O) groups excluding carboxylic acids is 3. The van der Waals surface area contributed by atoms with Gasteiger partial charge in [-0.05, 0) is 59.3 Å². The minimum Gasteiger partial charge on any atom is -0.480 e. The molecule has 5 atom stereocenters. The molecule has 0 spiro atoms. The van der Waals surface area contributed by atoms with Crippen molar-refractivity contribution in [2.75, 3.05) is 13.1 Å². The van der Waals surface area contributed by atoms with Gasteiger partial charge >= 0.3 is 11.9 Å². The second-order valence-electron chi connectivity index (χ2n) is 9.69. The van der Waals surface area contributed by atoms with E-state index in [4.69, 9.17) is 4.74 Å². The van der Waals surface area contributed by atoms with Crippen molar-refractivity contribution in [1.82, 2.24) is 21.3 Å². The third kappa shape index (κ3) is 16.2. The van der Waals surface area contributed by atoms with Crippen LogP contribution in [-0.2, 0) is 23.9 Å². The first kappa shape index (κ1) is 32.8. The number of carboxylic acids is 1. The Balaban J connectivity index is 4.36. The SMILES string of the molecule is CCC(C)NC(CC(=O)NCCCC(C)CNC(=O)CC(NC(C)CC)C(=O)OC(C)C)C(=O)O. The summed E-state index contributed by atoms with van der Waals surface area (Å²) in [6.45, 7) is 14.2. The highest BCUT2D eigenvalue weighted by molar-refractivity contribution is 5.85. The molecule has 5 N–H and O–H groups in total. The third-order valence-electron chi connectivity index (χ3n) is 5.75. The molecule has 5 unspecified atom stereocenters. The van der Waals surface area contributed by atoms with Crippen LogP contribution in [-0.4, -0.2) is 72.2 Å². The zero-order valence-electron chi connectivity index (χ0n) is 22.6. The van der Waals surface area contributed by atoms with E-state index in [2.05, 4.69) is 21.3 Å². The van der Waals surface area contributed by atoms with Crippen LogP contribution in [0.3, 0.4) is 0 Å². The highest BCUT2D eigenvalue weighted by Gasteiger charge is 2.25. The van der Waals surface area contributed by atoms with Gasteiger partial charge in [-0.15, -0.1) is 0 Å². The zero-order chi connectivity index (χ0) is 27.0. The molecule has 0 bridgehead atoms. The Morgan fingerprint density at radius 1 is 0.800 bits per heavy atom. The Morgan fingerprint density at radius 2 is 1.31 bits per heavy atom. The average molecular weight is 501 g/mol. The van der Waals surface area contributed by atoms with Gasteiger partial charge < -0.3 is 31.1 Å². The lowest BCUT2D eigenvalue weighted by molar-refractivity contribution is -0.151. The number of amides is 2. The largest absolute Gasteiger partial charge is 0.480 e. The fourth-order valence-corrected chi connectivity index (χ4v) is 3.25. The molecule has 0 fully saturated rings. The summed E-state index contributed by atoms with van der Waals surface area (Å²) in [4.78, 5) is 48.2. The smallest absolute Gasteiger partial charge is 0.323 e. The summed E-state index contributed by atoms with van der Waals surface area (Å²) in [5.74, 6) is -1.81. The van der Waals surface area contributed by atoms with Crippen LogP contribution in [0, 0.1) is 5.92 Å². The Hall–Kier alpha value is -2.20. The van der Waals surface area contributed by atoms with Crippen LogP contribution in [0.15, 0.2) is 0 Å². The molecule has 0 aromatic carbocycles. The first-order valence-corrected chi connectivity index (χ1v) is 12.9. The Morgan fingerprint density at radius 3 is 1.83 bits per heavy atom. The predicted molar refractivity (Wildman–Crippen MR) is 136 cm³/mol. The molecule has 35 heavy (non-hydrogen) atoms. The van der Waals surface area contributed by atoms with Crippen molar-refractivity contribution in [2.45, 2.75) is 117 Å². The van der Waals surface area contributed by atoms with E-state index in [1.807, 2.05) is 34.6 Å². The van der Waals surface area contributed by atoms with E-state index in [0.717, 1.165) is 19.3 Å². The van der Waals surface area contributed by atoms with E-state index in [0.29, 0.717) is 19.5 Å². The van der Waals surface area contributed by atoms with Gasteiger partial charge in [-0.25, -0.2) is 0 Å². The monoisotopic (exact) mass is 500 g/mol. The molecular formula is C25H48N4O6. The summed E-state index contributed by atoms with van der Waals surface area (Å²) in [5, 5.41) is 21.0. The Labute approximate surface area is 210 Å². The molecule has 0 aliphatic rings. The number of aliphatic carboxylic acids is 1. The minimum absolute atomic E-state index is 0.00803. The van der Waals surface area contributed by atoms with Crippen LogP contribution in [0.1, 0.15) is 87.0 Å². The Kier molecular flexibility index (Phi) is 17.0. The van der Waals surface area contributed by atoms with Gasteiger partial charge in [0.1, 0.15) is 12.1 Å². The molecule has 0 radical (unpaired) electrons. The van der Waals surface area contributed by atoms with Crippen LogP contribution in [0.4, 0.5) is 0 Å². The van der Waals surface area contributed by atoms with Crippen LogP contribution in [0.2, 0.25) is 0 Å². The molecule has 0 aliphatic carbocycles. The van der Waals surface area contributed by atoms with Gasteiger partial charge in [0, 0.05) is 25.2 Å². The average Bonchev–Trinajstić information content (AvgIpc) is 2.78. The molecule has 0 aliphatic heterocycles. The second kappa shape index (κ2) is 18.1. The van der Waals surface area contributed by atoms with Crippen LogP contribution in [0.25, 0.3) is 0 Å². The maximum absolute atomic E-state index is 12.4. The van der Waals surface area contributed by atoms with Crippen molar-refractivity contribution in [3.63, 3.8) is 0 Å². The van der Waals surface area contributed by atoms with Gasteiger partial charge in [0.05, 0.1) is 18.9 Å². The standard InChI is InChI=1S/C25H48N4O6/c1-8-18(6)28-20(24(32)33)13-22(30)26-12-10-11-17(5)15-27-23(31)14-21(29-19(7)9-2)25(34)35-16(3)4/h16-21,28-29H,8-15H2,1-7H3,(H,26,30)(H,27,31)(H,32,33). The molecular weight excluding hydrogens is 452 g/mol. The van der Waals surface area contributed by atoms with E-state index < -0.39 is 24.0 Å². The lowest BCUT2D eigenvalue weighted by atomic mass is 10.1. The van der Waals surface area contributed by atoms with Gasteiger partial charge in [0.2, 0.25) is 11.8 Å². The summed E-state index contributed by atoms with van der Waals surface area (Å²) in [6.07, 6.45) is 2.72. The van der Waals surface area contributed by atoms with Gasteiger partial charge in [-0.3, -0.25) is 19.2 Å². The molecule has 204 valence electrons. The van der Waals surface area contributed by atoms with Crippen molar-refractivity contribution >= 4 is 23.8 Å². The molecule has 0 saturated carbocycles. The molecule has 2 amide bonds. The predicted octanol–water partition coefficient (Wildman–Crippen LogP) is 1.96. The third-order valence-corrected chi connectivity index (χ3v) is 5.75. The van der Waals surface area contributed by atoms with Crippen molar-refractivity contribution < 1.29 is 29.0 Å². The number of hydrogen-bond acceptors (Lipinski definition) is 7. The topological polar surface area (TPSA) is 146 Å². The molecule has 0 aromatic heterocycles. The molecule has 10 heteroatoms. The van der Waals surface area contributed by atoms with Crippen molar-refractivity contribution in [2.24, 2.45) is 5.92 Å². The summed E-state index contributed by atoms with van der Waals surface area (Å²) >= 11 is 0. The van der Waals surface area contributed by atoms with Crippen LogP contribution in [0.5, 0.6) is 0 Å². The zero-order valence-corrected chi connectivity index (χ0v) is 22.6. The van der Waals surface area contributed by atoms with E-state index in [1.165, 1.54) is 0 Å². The highest BCUT2D eigenvalue weighted by atomic mass is 16.5. The first-order valence-electron chi connectivity index (χ1n) is 12.9. The number of nitrogens with one attached hydrogen (secondary N) is 4. The highest BCUT2D eigenvalue weighted by Crippen LogP contribution is 2.06. The maximum Gasteiger partial charge on any atom is 0.323 e. The number of hydrogen-bond donors (Lipinski definition) is 5. The number of esters is 1. The summed E-state index contributed by atoms with van der Waals surface area (Å²) in [5.41, 5.74) is 0.